The molecule has 0 aliphatic heterocycles. The van der Waals surface area contributed by atoms with Crippen LogP contribution in [0.25, 0.3) is 0 Å². The second kappa shape index (κ2) is 4.60. The van der Waals surface area contributed by atoms with Gasteiger partial charge in [-0.25, -0.2) is 0 Å². The fourth-order valence-corrected chi connectivity index (χ4v) is 2.21. The summed E-state index contributed by atoms with van der Waals surface area (Å²) in [7, 11) is 0. The van der Waals surface area contributed by atoms with E-state index in [1.54, 1.807) is 13.8 Å². The van der Waals surface area contributed by atoms with E-state index < -0.39 is 11.4 Å². The van der Waals surface area contributed by atoms with Gasteiger partial charge in [0.2, 0.25) is 0 Å². The standard InChI is InChI=1S/C12H18O3/c1-4-10(13)12(11(14)15-5-2)8-6-7-9(12)3/h3-8H2,1-2H3/t12-/m1/s1. The lowest BCUT2D eigenvalue weighted by atomic mass is 9.78. The molecular formula is C12H18O3. The third-order valence-corrected chi connectivity index (χ3v) is 3.05. The molecule has 1 atom stereocenters. The normalized spacial score (nSPS) is 25.3. The van der Waals surface area contributed by atoms with Crippen LogP contribution in [0.4, 0.5) is 0 Å². The summed E-state index contributed by atoms with van der Waals surface area (Å²) in [6.45, 7) is 7.69. The minimum absolute atomic E-state index is 0.0524. The average molecular weight is 210 g/mol. The van der Waals surface area contributed by atoms with Gasteiger partial charge in [0.25, 0.3) is 0 Å². The molecule has 0 bridgehead atoms. The van der Waals surface area contributed by atoms with Gasteiger partial charge in [0.1, 0.15) is 5.41 Å². The lowest BCUT2D eigenvalue weighted by molar-refractivity contribution is -0.157. The van der Waals surface area contributed by atoms with Crippen LogP contribution in [0.1, 0.15) is 39.5 Å². The first-order valence-electron chi connectivity index (χ1n) is 5.48. The van der Waals surface area contributed by atoms with E-state index in [1.807, 2.05) is 0 Å². The maximum atomic E-state index is 11.9. The number of hydrogen-bond donors (Lipinski definition) is 0. The largest absolute Gasteiger partial charge is 0.465 e. The van der Waals surface area contributed by atoms with Gasteiger partial charge in [0, 0.05) is 6.42 Å². The number of carbonyl (C=O) groups is 2. The molecule has 0 N–H and O–H groups in total. The Morgan fingerprint density at radius 2 is 2.13 bits per heavy atom. The zero-order valence-corrected chi connectivity index (χ0v) is 9.47. The highest BCUT2D eigenvalue weighted by atomic mass is 16.5. The minimum atomic E-state index is -1.02. The van der Waals surface area contributed by atoms with Crippen LogP contribution in [0.2, 0.25) is 0 Å². The van der Waals surface area contributed by atoms with E-state index >= 15 is 0 Å². The smallest absolute Gasteiger partial charge is 0.323 e. The molecule has 0 unspecified atom stereocenters. The number of ether oxygens (including phenoxy) is 1. The zero-order valence-electron chi connectivity index (χ0n) is 9.47. The van der Waals surface area contributed by atoms with E-state index in [2.05, 4.69) is 6.58 Å². The lowest BCUT2D eigenvalue weighted by Gasteiger charge is -2.25. The highest BCUT2D eigenvalue weighted by molar-refractivity contribution is 6.07. The first-order valence-corrected chi connectivity index (χ1v) is 5.48. The molecule has 1 saturated carbocycles. The summed E-state index contributed by atoms with van der Waals surface area (Å²) in [5, 5.41) is 0. The van der Waals surface area contributed by atoms with Gasteiger partial charge in [0.15, 0.2) is 5.78 Å². The van der Waals surface area contributed by atoms with Crippen molar-refractivity contribution in [1.29, 1.82) is 0 Å². The van der Waals surface area contributed by atoms with Crippen LogP contribution in [-0.2, 0) is 14.3 Å². The molecule has 3 nitrogen and oxygen atoms in total. The maximum absolute atomic E-state index is 11.9. The Kier molecular flexibility index (Phi) is 3.66. The first kappa shape index (κ1) is 12.0. The van der Waals surface area contributed by atoms with Gasteiger partial charge in [0.05, 0.1) is 6.61 Å². The van der Waals surface area contributed by atoms with Gasteiger partial charge in [-0.05, 0) is 26.2 Å². The molecule has 0 saturated heterocycles. The Bertz CT molecular complexity index is 293. The second-order valence-electron chi connectivity index (χ2n) is 3.86. The molecule has 0 aromatic rings. The zero-order chi connectivity index (χ0) is 11.5. The Morgan fingerprint density at radius 3 is 2.53 bits per heavy atom. The highest BCUT2D eigenvalue weighted by Gasteiger charge is 2.50. The van der Waals surface area contributed by atoms with E-state index in [0.29, 0.717) is 19.4 Å². The number of rotatable bonds is 4. The summed E-state index contributed by atoms with van der Waals surface area (Å²) in [5.74, 6) is -0.456. The topological polar surface area (TPSA) is 43.4 Å². The number of hydrogen-bond acceptors (Lipinski definition) is 3. The van der Waals surface area contributed by atoms with Gasteiger partial charge in [-0.1, -0.05) is 19.1 Å². The fraction of sp³-hybridized carbons (Fsp3) is 0.667. The predicted octanol–water partition coefficient (Wildman–Crippen LogP) is 2.26. The first-order chi connectivity index (χ1) is 7.09. The van der Waals surface area contributed by atoms with Crippen LogP contribution in [0.5, 0.6) is 0 Å². The highest BCUT2D eigenvalue weighted by Crippen LogP contribution is 2.44. The molecule has 3 heteroatoms. The SMILES string of the molecule is C=C1CCC[C@@]1(C(=O)CC)C(=O)OCC. The van der Waals surface area contributed by atoms with Crippen molar-refractivity contribution in [2.24, 2.45) is 5.41 Å². The summed E-state index contributed by atoms with van der Waals surface area (Å²) in [4.78, 5) is 23.8. The molecule has 0 spiro atoms. The molecule has 0 heterocycles. The van der Waals surface area contributed by atoms with Crippen molar-refractivity contribution < 1.29 is 14.3 Å². The van der Waals surface area contributed by atoms with Crippen molar-refractivity contribution in [3.8, 4) is 0 Å². The summed E-state index contributed by atoms with van der Waals surface area (Å²) in [6.07, 6.45) is 2.53. The van der Waals surface area contributed by atoms with Gasteiger partial charge in [-0.3, -0.25) is 9.59 Å². The molecule has 1 rings (SSSR count). The van der Waals surface area contributed by atoms with E-state index in [4.69, 9.17) is 4.74 Å². The molecule has 0 aromatic carbocycles. The Balaban J connectivity index is 3.01. The fourth-order valence-electron chi connectivity index (χ4n) is 2.21. The molecule has 0 aromatic heterocycles. The molecule has 0 amide bonds. The van der Waals surface area contributed by atoms with Gasteiger partial charge < -0.3 is 4.74 Å². The Labute approximate surface area is 90.5 Å². The molecular weight excluding hydrogens is 192 g/mol. The number of Topliss-reactive ketones (excluding diaryl/α,β-unsaturated/α-hetero) is 1. The molecule has 84 valence electrons. The monoisotopic (exact) mass is 210 g/mol. The minimum Gasteiger partial charge on any atom is -0.465 e. The summed E-state index contributed by atoms with van der Waals surface area (Å²) in [5.41, 5.74) is -0.294. The number of ketones is 1. The van der Waals surface area contributed by atoms with Crippen LogP contribution in [0.15, 0.2) is 12.2 Å². The van der Waals surface area contributed by atoms with Crippen molar-refractivity contribution in [1.82, 2.24) is 0 Å². The average Bonchev–Trinajstić information content (AvgIpc) is 2.60. The maximum Gasteiger partial charge on any atom is 0.323 e. The lowest BCUT2D eigenvalue weighted by Crippen LogP contribution is -2.39. The van der Waals surface area contributed by atoms with Crippen LogP contribution >= 0.6 is 0 Å². The second-order valence-corrected chi connectivity index (χ2v) is 3.86. The third kappa shape index (κ3) is 1.83. The van der Waals surface area contributed by atoms with E-state index in [0.717, 1.165) is 18.4 Å². The van der Waals surface area contributed by atoms with Crippen molar-refractivity contribution >= 4 is 11.8 Å². The van der Waals surface area contributed by atoms with E-state index in [1.165, 1.54) is 0 Å². The third-order valence-electron chi connectivity index (χ3n) is 3.05. The van der Waals surface area contributed by atoms with Crippen molar-refractivity contribution in [2.75, 3.05) is 6.61 Å². The molecule has 1 aliphatic rings. The van der Waals surface area contributed by atoms with Crippen molar-refractivity contribution in [3.63, 3.8) is 0 Å². The summed E-state index contributed by atoms with van der Waals surface area (Å²) >= 11 is 0. The Hall–Kier alpha value is -1.12. The summed E-state index contributed by atoms with van der Waals surface area (Å²) in [6, 6.07) is 0. The molecule has 15 heavy (non-hydrogen) atoms. The van der Waals surface area contributed by atoms with E-state index in [9.17, 15) is 9.59 Å². The van der Waals surface area contributed by atoms with E-state index in [-0.39, 0.29) is 5.78 Å². The summed E-state index contributed by atoms with van der Waals surface area (Å²) < 4.78 is 5.00. The van der Waals surface area contributed by atoms with Crippen LogP contribution in [0, 0.1) is 5.41 Å². The molecule has 0 radical (unpaired) electrons. The van der Waals surface area contributed by atoms with Crippen molar-refractivity contribution in [3.05, 3.63) is 12.2 Å². The number of carbonyl (C=O) groups excluding carboxylic acids is 2. The molecule has 1 aliphatic carbocycles. The quantitative estimate of drug-likeness (QED) is 0.406. The van der Waals surface area contributed by atoms with Crippen molar-refractivity contribution in [2.45, 2.75) is 39.5 Å². The van der Waals surface area contributed by atoms with Crippen LogP contribution < -0.4 is 0 Å². The predicted molar refractivity (Wildman–Crippen MR) is 57.4 cm³/mol. The number of esters is 1. The van der Waals surface area contributed by atoms with Gasteiger partial charge >= 0.3 is 5.97 Å². The molecule has 1 fully saturated rings. The van der Waals surface area contributed by atoms with Gasteiger partial charge in [-0.2, -0.15) is 0 Å². The van der Waals surface area contributed by atoms with Crippen LogP contribution in [0.3, 0.4) is 0 Å². The van der Waals surface area contributed by atoms with Crippen LogP contribution in [-0.4, -0.2) is 18.4 Å². The van der Waals surface area contributed by atoms with Gasteiger partial charge in [-0.15, -0.1) is 0 Å². The Morgan fingerprint density at radius 1 is 1.47 bits per heavy atom.